The van der Waals surface area contributed by atoms with Gasteiger partial charge in [0.2, 0.25) is 5.91 Å². The van der Waals surface area contributed by atoms with Crippen molar-refractivity contribution >= 4 is 34.9 Å². The van der Waals surface area contributed by atoms with Gasteiger partial charge in [0.05, 0.1) is 10.7 Å². The molecule has 1 aromatic carbocycles. The van der Waals surface area contributed by atoms with Gasteiger partial charge in [-0.3, -0.25) is 4.79 Å². The average molecular weight is 377 g/mol. The molecular formula is C18H18Cl2N4O. The van der Waals surface area contributed by atoms with Crippen molar-refractivity contribution in [1.29, 1.82) is 0 Å². The van der Waals surface area contributed by atoms with Gasteiger partial charge in [0.15, 0.2) is 5.82 Å². The number of nitrogens with zero attached hydrogens (tertiary/aromatic N) is 4. The highest BCUT2D eigenvalue weighted by Gasteiger charge is 2.34. The van der Waals surface area contributed by atoms with Crippen LogP contribution >= 0.6 is 23.2 Å². The zero-order chi connectivity index (χ0) is 17.4. The summed E-state index contributed by atoms with van der Waals surface area (Å²) in [4.78, 5) is 16.3. The average Bonchev–Trinajstić information content (AvgIpc) is 3.47. The van der Waals surface area contributed by atoms with Gasteiger partial charge in [-0.15, -0.1) is 10.2 Å². The topological polar surface area (TPSA) is 49.3 Å². The van der Waals surface area contributed by atoms with Gasteiger partial charge in [0.1, 0.15) is 0 Å². The summed E-state index contributed by atoms with van der Waals surface area (Å²) in [6.07, 6.45) is 2.11. The minimum Gasteiger partial charge on any atom is -0.352 e. The summed E-state index contributed by atoms with van der Waals surface area (Å²) in [5, 5.41) is 9.80. The molecule has 0 atom stereocenters. The molecule has 2 fully saturated rings. The van der Waals surface area contributed by atoms with E-state index in [4.69, 9.17) is 23.2 Å². The Kier molecular flexibility index (Phi) is 4.52. The third kappa shape index (κ3) is 3.58. The first kappa shape index (κ1) is 16.6. The fourth-order valence-electron chi connectivity index (χ4n) is 3.08. The van der Waals surface area contributed by atoms with Gasteiger partial charge in [-0.1, -0.05) is 23.2 Å². The molecule has 0 N–H and O–H groups in total. The summed E-state index contributed by atoms with van der Waals surface area (Å²) in [6.45, 7) is 3.08. The van der Waals surface area contributed by atoms with Gasteiger partial charge in [-0.25, -0.2) is 0 Å². The molecule has 25 heavy (non-hydrogen) atoms. The van der Waals surface area contributed by atoms with Crippen LogP contribution in [0.3, 0.4) is 0 Å². The van der Waals surface area contributed by atoms with Crippen molar-refractivity contribution in [2.75, 3.05) is 31.1 Å². The molecule has 130 valence electrons. The van der Waals surface area contributed by atoms with Crippen LogP contribution in [-0.2, 0) is 4.79 Å². The van der Waals surface area contributed by atoms with Crippen molar-refractivity contribution in [2.45, 2.75) is 12.8 Å². The minimum atomic E-state index is 0.287. The number of anilines is 1. The van der Waals surface area contributed by atoms with Crippen LogP contribution in [0.25, 0.3) is 11.3 Å². The van der Waals surface area contributed by atoms with E-state index in [0.29, 0.717) is 21.6 Å². The number of benzene rings is 1. The van der Waals surface area contributed by atoms with Gasteiger partial charge < -0.3 is 9.80 Å². The van der Waals surface area contributed by atoms with Crippen molar-refractivity contribution in [3.63, 3.8) is 0 Å². The maximum atomic E-state index is 12.1. The molecule has 1 aliphatic carbocycles. The number of carbonyl (C=O) groups is 1. The summed E-state index contributed by atoms with van der Waals surface area (Å²) in [6, 6.07) is 9.19. The Bertz CT molecular complexity index is 784. The molecule has 1 amide bonds. The normalized spacial score (nSPS) is 17.7. The second-order valence-corrected chi connectivity index (χ2v) is 7.33. The lowest BCUT2D eigenvalue weighted by Gasteiger charge is -2.35. The molecule has 1 aliphatic heterocycles. The van der Waals surface area contributed by atoms with Crippen LogP contribution in [0.15, 0.2) is 30.3 Å². The zero-order valence-electron chi connectivity index (χ0n) is 13.7. The number of hydrogen-bond acceptors (Lipinski definition) is 4. The molecule has 0 radical (unpaired) electrons. The van der Waals surface area contributed by atoms with E-state index in [0.717, 1.165) is 50.4 Å². The minimum absolute atomic E-state index is 0.287. The van der Waals surface area contributed by atoms with Crippen molar-refractivity contribution in [3.05, 3.63) is 40.4 Å². The Balaban J connectivity index is 1.43. The first-order valence-corrected chi connectivity index (χ1v) is 9.20. The van der Waals surface area contributed by atoms with Crippen LogP contribution < -0.4 is 4.90 Å². The predicted octanol–water partition coefficient (Wildman–Crippen LogP) is 3.51. The third-order valence-electron chi connectivity index (χ3n) is 4.70. The number of piperazine rings is 1. The van der Waals surface area contributed by atoms with Crippen LogP contribution in [0, 0.1) is 5.92 Å². The molecule has 5 nitrogen and oxygen atoms in total. The van der Waals surface area contributed by atoms with Gasteiger partial charge in [-0.05, 0) is 43.2 Å². The predicted molar refractivity (Wildman–Crippen MR) is 99.0 cm³/mol. The van der Waals surface area contributed by atoms with Gasteiger partial charge in [0.25, 0.3) is 0 Å². The van der Waals surface area contributed by atoms with E-state index in [1.54, 1.807) is 12.1 Å². The van der Waals surface area contributed by atoms with E-state index in [1.165, 1.54) is 0 Å². The van der Waals surface area contributed by atoms with Gasteiger partial charge in [-0.2, -0.15) is 0 Å². The number of hydrogen-bond donors (Lipinski definition) is 0. The van der Waals surface area contributed by atoms with Gasteiger partial charge >= 0.3 is 0 Å². The summed E-state index contributed by atoms with van der Waals surface area (Å²) in [5.74, 6) is 1.43. The SMILES string of the molecule is O=C(C1CC1)N1CCN(c2ccc(-c3ccc(Cl)cc3Cl)nn2)CC1. The Morgan fingerprint density at radius 3 is 2.36 bits per heavy atom. The van der Waals surface area contributed by atoms with E-state index >= 15 is 0 Å². The zero-order valence-corrected chi connectivity index (χ0v) is 15.2. The smallest absolute Gasteiger partial charge is 0.225 e. The molecular weight excluding hydrogens is 359 g/mol. The standard InChI is InChI=1S/C18H18Cl2N4O/c19-13-3-4-14(15(20)11-13)16-5-6-17(22-21-16)23-7-9-24(10-8-23)18(25)12-1-2-12/h3-6,11-12H,1-2,7-10H2. The summed E-state index contributed by atoms with van der Waals surface area (Å²) in [7, 11) is 0. The van der Waals surface area contributed by atoms with Crippen LogP contribution in [-0.4, -0.2) is 47.2 Å². The van der Waals surface area contributed by atoms with E-state index < -0.39 is 0 Å². The lowest BCUT2D eigenvalue weighted by molar-refractivity contribution is -0.132. The molecule has 2 heterocycles. The van der Waals surface area contributed by atoms with Crippen LogP contribution in [0.1, 0.15) is 12.8 Å². The molecule has 1 aromatic heterocycles. The van der Waals surface area contributed by atoms with E-state index in [-0.39, 0.29) is 5.92 Å². The second kappa shape index (κ2) is 6.81. The second-order valence-electron chi connectivity index (χ2n) is 6.49. The highest BCUT2D eigenvalue weighted by Crippen LogP contribution is 2.32. The molecule has 1 saturated carbocycles. The molecule has 4 rings (SSSR count). The number of halogens is 2. The summed E-state index contributed by atoms with van der Waals surface area (Å²) in [5.41, 5.74) is 1.53. The highest BCUT2D eigenvalue weighted by molar-refractivity contribution is 6.36. The Morgan fingerprint density at radius 2 is 1.76 bits per heavy atom. The maximum Gasteiger partial charge on any atom is 0.225 e. The number of aromatic nitrogens is 2. The molecule has 0 unspecified atom stereocenters. The van der Waals surface area contributed by atoms with Crippen molar-refractivity contribution < 1.29 is 4.79 Å². The Labute approximate surface area is 156 Å². The first-order valence-electron chi connectivity index (χ1n) is 8.45. The Hall–Kier alpha value is -1.85. The monoisotopic (exact) mass is 376 g/mol. The first-order chi connectivity index (χ1) is 12.1. The van der Waals surface area contributed by atoms with Crippen molar-refractivity contribution in [2.24, 2.45) is 5.92 Å². The van der Waals surface area contributed by atoms with Crippen LogP contribution in [0.2, 0.25) is 10.0 Å². The quantitative estimate of drug-likeness (QED) is 0.822. The molecule has 0 spiro atoms. The number of amides is 1. The Morgan fingerprint density at radius 1 is 1.00 bits per heavy atom. The third-order valence-corrected chi connectivity index (χ3v) is 5.25. The summed E-state index contributed by atoms with van der Waals surface area (Å²) >= 11 is 12.2. The maximum absolute atomic E-state index is 12.1. The largest absolute Gasteiger partial charge is 0.352 e. The highest BCUT2D eigenvalue weighted by atomic mass is 35.5. The molecule has 7 heteroatoms. The molecule has 2 aromatic rings. The lowest BCUT2D eigenvalue weighted by atomic mass is 10.1. The fourth-order valence-corrected chi connectivity index (χ4v) is 3.58. The van der Waals surface area contributed by atoms with Crippen molar-refractivity contribution in [3.8, 4) is 11.3 Å². The van der Waals surface area contributed by atoms with Crippen LogP contribution in [0.5, 0.6) is 0 Å². The molecule has 2 aliphatic rings. The summed E-state index contributed by atoms with van der Waals surface area (Å²) < 4.78 is 0. The van der Waals surface area contributed by atoms with Gasteiger partial charge in [0, 0.05) is 42.7 Å². The van der Waals surface area contributed by atoms with Crippen molar-refractivity contribution in [1.82, 2.24) is 15.1 Å². The number of carbonyl (C=O) groups excluding carboxylic acids is 1. The number of rotatable bonds is 3. The fraction of sp³-hybridized carbons (Fsp3) is 0.389. The van der Waals surface area contributed by atoms with E-state index in [1.807, 2.05) is 23.1 Å². The van der Waals surface area contributed by atoms with Crippen LogP contribution in [0.4, 0.5) is 5.82 Å². The van der Waals surface area contributed by atoms with E-state index in [9.17, 15) is 4.79 Å². The molecule has 1 saturated heterocycles. The van der Waals surface area contributed by atoms with E-state index in [2.05, 4.69) is 15.1 Å². The lowest BCUT2D eigenvalue weighted by Crippen LogP contribution is -2.49. The molecule has 0 bridgehead atoms.